The zero-order chi connectivity index (χ0) is 21.0. The molecule has 7 nitrogen and oxygen atoms in total. The number of piperazine rings is 1. The average Bonchev–Trinajstić information content (AvgIpc) is 3.19. The van der Waals surface area contributed by atoms with Gasteiger partial charge in [0, 0.05) is 59.5 Å². The molecule has 0 bridgehead atoms. The molecule has 0 aromatic carbocycles. The second-order valence-corrected chi connectivity index (χ2v) is 9.02. The lowest BCUT2D eigenvalue weighted by molar-refractivity contribution is -0.131. The highest BCUT2D eigenvalue weighted by Gasteiger charge is 2.24. The third-order valence-electron chi connectivity index (χ3n) is 6.71. The first kappa shape index (κ1) is 26.6. The number of nitrogens with one attached hydrogen (secondary N) is 1. The highest BCUT2D eigenvalue weighted by Crippen LogP contribution is 2.20. The van der Waals surface area contributed by atoms with E-state index in [1.54, 1.807) is 0 Å². The van der Waals surface area contributed by atoms with E-state index in [2.05, 4.69) is 20.1 Å². The van der Waals surface area contributed by atoms with Gasteiger partial charge in [0.15, 0.2) is 5.96 Å². The third-order valence-corrected chi connectivity index (χ3v) is 6.71. The SMILES string of the molecule is CN=C(NCCCCOC1CCCCCC1)N1CCN(CC(=O)N2CCCC2)CC1.I. The van der Waals surface area contributed by atoms with Gasteiger partial charge in [-0.25, -0.2) is 0 Å². The fourth-order valence-corrected chi connectivity index (χ4v) is 4.79. The fraction of sp³-hybridized carbons (Fsp3) is 0.913. The van der Waals surface area contributed by atoms with Gasteiger partial charge in [0.05, 0.1) is 12.6 Å². The lowest BCUT2D eigenvalue weighted by Gasteiger charge is -2.36. The molecule has 3 fully saturated rings. The van der Waals surface area contributed by atoms with Crippen molar-refractivity contribution in [3.8, 4) is 0 Å². The van der Waals surface area contributed by atoms with Crippen LogP contribution < -0.4 is 5.32 Å². The summed E-state index contributed by atoms with van der Waals surface area (Å²) in [6, 6.07) is 0. The van der Waals surface area contributed by atoms with Crippen molar-refractivity contribution in [1.82, 2.24) is 20.0 Å². The van der Waals surface area contributed by atoms with E-state index in [9.17, 15) is 4.79 Å². The van der Waals surface area contributed by atoms with Crippen LogP contribution in [0.1, 0.15) is 64.2 Å². The Hall–Kier alpha value is -0.610. The number of aliphatic imine (C=N–C) groups is 1. The number of rotatable bonds is 8. The van der Waals surface area contributed by atoms with Gasteiger partial charge < -0.3 is 19.9 Å². The summed E-state index contributed by atoms with van der Waals surface area (Å²) in [4.78, 5) is 23.4. The van der Waals surface area contributed by atoms with Crippen LogP contribution in [0.25, 0.3) is 0 Å². The van der Waals surface area contributed by atoms with E-state index in [0.717, 1.165) is 84.1 Å². The first-order valence-corrected chi connectivity index (χ1v) is 12.3. The minimum absolute atomic E-state index is 0. The van der Waals surface area contributed by atoms with Crippen LogP contribution >= 0.6 is 24.0 Å². The largest absolute Gasteiger partial charge is 0.378 e. The van der Waals surface area contributed by atoms with Crippen LogP contribution in [-0.4, -0.2) is 98.7 Å². The minimum Gasteiger partial charge on any atom is -0.378 e. The molecule has 0 aromatic rings. The number of guanidine groups is 1. The van der Waals surface area contributed by atoms with E-state index < -0.39 is 0 Å². The van der Waals surface area contributed by atoms with Crippen LogP contribution in [0.3, 0.4) is 0 Å². The molecular weight excluding hydrogens is 505 g/mol. The van der Waals surface area contributed by atoms with E-state index in [4.69, 9.17) is 4.74 Å². The van der Waals surface area contributed by atoms with E-state index in [1.165, 1.54) is 38.5 Å². The molecule has 0 radical (unpaired) electrons. The van der Waals surface area contributed by atoms with Gasteiger partial charge in [0.2, 0.25) is 5.91 Å². The summed E-state index contributed by atoms with van der Waals surface area (Å²) in [7, 11) is 1.86. The maximum absolute atomic E-state index is 12.4. The molecule has 0 aromatic heterocycles. The third kappa shape index (κ3) is 9.42. The van der Waals surface area contributed by atoms with Gasteiger partial charge in [-0.3, -0.25) is 14.7 Å². The van der Waals surface area contributed by atoms with E-state index in [0.29, 0.717) is 18.6 Å². The van der Waals surface area contributed by atoms with E-state index >= 15 is 0 Å². The molecule has 1 saturated carbocycles. The summed E-state index contributed by atoms with van der Waals surface area (Å²) in [5.74, 6) is 1.29. The molecule has 0 atom stereocenters. The predicted octanol–water partition coefficient (Wildman–Crippen LogP) is 2.94. The van der Waals surface area contributed by atoms with Gasteiger partial charge in [-0.2, -0.15) is 0 Å². The average molecular weight is 550 g/mol. The molecule has 0 unspecified atom stereocenters. The van der Waals surface area contributed by atoms with Gasteiger partial charge in [0.1, 0.15) is 0 Å². The minimum atomic E-state index is 0. The zero-order valence-corrected chi connectivity index (χ0v) is 21.9. The van der Waals surface area contributed by atoms with Crippen LogP contribution in [0.15, 0.2) is 4.99 Å². The zero-order valence-electron chi connectivity index (χ0n) is 19.5. The maximum atomic E-state index is 12.4. The molecule has 31 heavy (non-hydrogen) atoms. The highest BCUT2D eigenvalue weighted by atomic mass is 127. The summed E-state index contributed by atoms with van der Waals surface area (Å²) in [5.41, 5.74) is 0. The molecule has 3 rings (SSSR count). The standard InChI is InChI=1S/C23H43N5O2.HI/c1-24-23(25-12-6-9-19-30-21-10-4-2-3-5-11-21)28-17-15-26(16-18-28)20-22(29)27-13-7-8-14-27;/h21H,2-20H2,1H3,(H,24,25);1H. The first-order chi connectivity index (χ1) is 14.8. The van der Waals surface area contributed by atoms with Gasteiger partial charge in [-0.15, -0.1) is 24.0 Å². The number of amides is 1. The molecule has 1 amide bonds. The molecule has 1 aliphatic carbocycles. The van der Waals surface area contributed by atoms with Crippen molar-refractivity contribution in [3.05, 3.63) is 0 Å². The predicted molar refractivity (Wildman–Crippen MR) is 137 cm³/mol. The lowest BCUT2D eigenvalue weighted by atomic mass is 10.1. The Bertz CT molecular complexity index is 526. The second-order valence-electron chi connectivity index (χ2n) is 9.02. The van der Waals surface area contributed by atoms with Crippen LogP contribution in [-0.2, 0) is 9.53 Å². The monoisotopic (exact) mass is 549 g/mol. The summed E-state index contributed by atoms with van der Waals surface area (Å²) in [6.07, 6.45) is 13.0. The number of carbonyl (C=O) groups is 1. The Morgan fingerprint density at radius 1 is 0.903 bits per heavy atom. The van der Waals surface area contributed by atoms with Crippen molar-refractivity contribution in [2.24, 2.45) is 4.99 Å². The first-order valence-electron chi connectivity index (χ1n) is 12.3. The molecule has 2 aliphatic heterocycles. The van der Waals surface area contributed by atoms with Crippen molar-refractivity contribution < 1.29 is 9.53 Å². The normalized spacial score (nSPS) is 21.6. The van der Waals surface area contributed by atoms with Crippen molar-refractivity contribution in [3.63, 3.8) is 0 Å². The van der Waals surface area contributed by atoms with Crippen molar-refractivity contribution in [1.29, 1.82) is 0 Å². The smallest absolute Gasteiger partial charge is 0.236 e. The second kappa shape index (κ2) is 15.3. The highest BCUT2D eigenvalue weighted by molar-refractivity contribution is 14.0. The molecule has 0 spiro atoms. The van der Waals surface area contributed by atoms with Crippen molar-refractivity contribution in [2.45, 2.75) is 70.3 Å². The van der Waals surface area contributed by atoms with Crippen LogP contribution in [0, 0.1) is 0 Å². The Kier molecular flexibility index (Phi) is 13.1. The Morgan fingerprint density at radius 2 is 1.58 bits per heavy atom. The Morgan fingerprint density at radius 3 is 2.23 bits per heavy atom. The van der Waals surface area contributed by atoms with Crippen LogP contribution in [0.5, 0.6) is 0 Å². The summed E-state index contributed by atoms with van der Waals surface area (Å²) >= 11 is 0. The number of nitrogens with zero attached hydrogens (tertiary/aromatic N) is 4. The number of ether oxygens (including phenoxy) is 1. The molecule has 8 heteroatoms. The van der Waals surface area contributed by atoms with Gasteiger partial charge >= 0.3 is 0 Å². The number of likely N-dealkylation sites (tertiary alicyclic amines) is 1. The maximum Gasteiger partial charge on any atom is 0.236 e. The number of halogens is 1. The Balaban J connectivity index is 0.00000341. The molecule has 2 saturated heterocycles. The van der Waals surface area contributed by atoms with Gasteiger partial charge in [-0.05, 0) is 38.5 Å². The number of hydrogen-bond donors (Lipinski definition) is 1. The molecular formula is C23H44IN5O2. The number of hydrogen-bond acceptors (Lipinski definition) is 4. The quantitative estimate of drug-likeness (QED) is 0.166. The van der Waals surface area contributed by atoms with Crippen molar-refractivity contribution >= 4 is 35.8 Å². The lowest BCUT2D eigenvalue weighted by Crippen LogP contribution is -2.54. The number of carbonyl (C=O) groups excluding carboxylic acids is 1. The van der Waals surface area contributed by atoms with Gasteiger partial charge in [0.25, 0.3) is 0 Å². The van der Waals surface area contributed by atoms with Crippen molar-refractivity contribution in [2.75, 3.05) is 66.0 Å². The number of unbranched alkanes of at least 4 members (excludes halogenated alkanes) is 1. The summed E-state index contributed by atoms with van der Waals surface area (Å²) in [6.45, 7) is 7.99. The van der Waals surface area contributed by atoms with Crippen LogP contribution in [0.2, 0.25) is 0 Å². The molecule has 180 valence electrons. The fourth-order valence-electron chi connectivity index (χ4n) is 4.79. The van der Waals surface area contributed by atoms with Gasteiger partial charge in [-0.1, -0.05) is 25.7 Å². The summed E-state index contributed by atoms with van der Waals surface area (Å²) < 4.78 is 6.09. The molecule has 2 heterocycles. The van der Waals surface area contributed by atoms with E-state index in [-0.39, 0.29) is 24.0 Å². The Labute approximate surface area is 206 Å². The van der Waals surface area contributed by atoms with E-state index in [1.807, 2.05) is 11.9 Å². The van der Waals surface area contributed by atoms with Crippen LogP contribution in [0.4, 0.5) is 0 Å². The topological polar surface area (TPSA) is 60.4 Å². The molecule has 1 N–H and O–H groups in total. The summed E-state index contributed by atoms with van der Waals surface area (Å²) in [5, 5.41) is 3.51. The molecule has 3 aliphatic rings.